The summed E-state index contributed by atoms with van der Waals surface area (Å²) in [7, 11) is 3.38. The first-order valence-electron chi connectivity index (χ1n) is 6.88. The SMILES string of the molecule is CCN(CCOC)C(=O)c1nc(C(C)C)ncc1NC. The molecule has 0 bridgehead atoms. The van der Waals surface area contributed by atoms with E-state index < -0.39 is 0 Å². The molecule has 0 radical (unpaired) electrons. The van der Waals surface area contributed by atoms with Crippen LogP contribution in [-0.2, 0) is 4.74 Å². The molecule has 6 nitrogen and oxygen atoms in total. The van der Waals surface area contributed by atoms with E-state index in [1.54, 1.807) is 25.3 Å². The Morgan fingerprint density at radius 3 is 2.70 bits per heavy atom. The van der Waals surface area contributed by atoms with Crippen molar-refractivity contribution < 1.29 is 9.53 Å². The van der Waals surface area contributed by atoms with E-state index in [9.17, 15) is 4.79 Å². The Morgan fingerprint density at radius 2 is 2.20 bits per heavy atom. The van der Waals surface area contributed by atoms with Crippen LogP contribution in [0.4, 0.5) is 5.69 Å². The summed E-state index contributed by atoms with van der Waals surface area (Å²) in [6.45, 7) is 7.63. The predicted molar refractivity (Wildman–Crippen MR) is 79.1 cm³/mol. The first-order chi connectivity index (χ1) is 9.54. The second kappa shape index (κ2) is 7.79. The molecule has 6 heteroatoms. The average molecular weight is 280 g/mol. The second-order valence-corrected chi connectivity index (χ2v) is 4.77. The average Bonchev–Trinajstić information content (AvgIpc) is 2.46. The van der Waals surface area contributed by atoms with Crippen molar-refractivity contribution in [3.63, 3.8) is 0 Å². The van der Waals surface area contributed by atoms with E-state index in [1.165, 1.54) is 0 Å². The van der Waals surface area contributed by atoms with Crippen LogP contribution < -0.4 is 5.32 Å². The normalized spacial score (nSPS) is 10.7. The van der Waals surface area contributed by atoms with E-state index in [0.717, 1.165) is 0 Å². The van der Waals surface area contributed by atoms with Crippen LogP contribution in [0, 0.1) is 0 Å². The quantitative estimate of drug-likeness (QED) is 0.824. The molecule has 0 saturated heterocycles. The van der Waals surface area contributed by atoms with Crippen molar-refractivity contribution in [2.45, 2.75) is 26.7 Å². The highest BCUT2D eigenvalue weighted by molar-refractivity contribution is 5.97. The highest BCUT2D eigenvalue weighted by atomic mass is 16.5. The Hall–Kier alpha value is -1.69. The van der Waals surface area contributed by atoms with Gasteiger partial charge in [-0.25, -0.2) is 9.97 Å². The van der Waals surface area contributed by atoms with E-state index in [4.69, 9.17) is 4.74 Å². The van der Waals surface area contributed by atoms with E-state index in [2.05, 4.69) is 15.3 Å². The fraction of sp³-hybridized carbons (Fsp3) is 0.643. The van der Waals surface area contributed by atoms with Gasteiger partial charge in [0.25, 0.3) is 5.91 Å². The lowest BCUT2D eigenvalue weighted by atomic mass is 10.2. The number of carbonyl (C=O) groups excluding carboxylic acids is 1. The summed E-state index contributed by atoms with van der Waals surface area (Å²) in [6.07, 6.45) is 1.67. The molecule has 0 fully saturated rings. The lowest BCUT2D eigenvalue weighted by Gasteiger charge is -2.21. The molecule has 1 heterocycles. The largest absolute Gasteiger partial charge is 0.385 e. The minimum atomic E-state index is -0.0989. The number of nitrogens with zero attached hydrogens (tertiary/aromatic N) is 3. The molecule has 0 aromatic carbocycles. The fourth-order valence-corrected chi connectivity index (χ4v) is 1.77. The monoisotopic (exact) mass is 280 g/mol. The van der Waals surface area contributed by atoms with Crippen molar-refractivity contribution in [2.75, 3.05) is 39.2 Å². The van der Waals surface area contributed by atoms with Gasteiger partial charge in [0.2, 0.25) is 0 Å². The summed E-state index contributed by atoms with van der Waals surface area (Å²) in [6, 6.07) is 0. The summed E-state index contributed by atoms with van der Waals surface area (Å²) in [4.78, 5) is 23.0. The van der Waals surface area contributed by atoms with Gasteiger partial charge in [0.05, 0.1) is 18.5 Å². The van der Waals surface area contributed by atoms with Crippen LogP contribution in [-0.4, -0.2) is 54.6 Å². The first kappa shape index (κ1) is 16.4. The van der Waals surface area contributed by atoms with E-state index in [-0.39, 0.29) is 11.8 Å². The summed E-state index contributed by atoms with van der Waals surface area (Å²) < 4.78 is 5.04. The molecular weight excluding hydrogens is 256 g/mol. The lowest BCUT2D eigenvalue weighted by molar-refractivity contribution is 0.0701. The molecule has 1 aromatic rings. The van der Waals surface area contributed by atoms with Crippen LogP contribution in [0.15, 0.2) is 6.20 Å². The van der Waals surface area contributed by atoms with Gasteiger partial charge < -0.3 is 15.0 Å². The first-order valence-corrected chi connectivity index (χ1v) is 6.88. The van der Waals surface area contributed by atoms with Gasteiger partial charge in [-0.15, -0.1) is 0 Å². The Morgan fingerprint density at radius 1 is 1.50 bits per heavy atom. The number of carbonyl (C=O) groups is 1. The number of ether oxygens (including phenoxy) is 1. The molecule has 0 spiro atoms. The summed E-state index contributed by atoms with van der Waals surface area (Å²) >= 11 is 0. The maximum Gasteiger partial charge on any atom is 0.274 e. The Balaban J connectivity index is 3.07. The molecule has 0 unspecified atom stereocenters. The van der Waals surface area contributed by atoms with Crippen molar-refractivity contribution in [1.29, 1.82) is 0 Å². The number of nitrogens with one attached hydrogen (secondary N) is 1. The third kappa shape index (κ3) is 3.90. The third-order valence-electron chi connectivity index (χ3n) is 3.03. The maximum absolute atomic E-state index is 12.6. The number of anilines is 1. The van der Waals surface area contributed by atoms with Gasteiger partial charge in [0.1, 0.15) is 5.82 Å². The highest BCUT2D eigenvalue weighted by Gasteiger charge is 2.20. The molecule has 1 aromatic heterocycles. The van der Waals surface area contributed by atoms with Gasteiger partial charge in [-0.3, -0.25) is 4.79 Å². The second-order valence-electron chi connectivity index (χ2n) is 4.77. The molecule has 0 saturated carbocycles. The van der Waals surface area contributed by atoms with Crippen LogP contribution in [0.3, 0.4) is 0 Å². The van der Waals surface area contributed by atoms with E-state index in [0.29, 0.717) is 36.9 Å². The van der Waals surface area contributed by atoms with Gasteiger partial charge in [-0.2, -0.15) is 0 Å². The molecule has 112 valence electrons. The summed E-state index contributed by atoms with van der Waals surface area (Å²) in [5.41, 5.74) is 1.07. The van der Waals surface area contributed by atoms with Crippen molar-refractivity contribution in [3.8, 4) is 0 Å². The topological polar surface area (TPSA) is 67.3 Å². The van der Waals surface area contributed by atoms with Crippen molar-refractivity contribution in [2.24, 2.45) is 0 Å². The van der Waals surface area contributed by atoms with Crippen LogP contribution >= 0.6 is 0 Å². The number of amides is 1. The molecule has 0 aliphatic rings. The van der Waals surface area contributed by atoms with Gasteiger partial charge in [0.15, 0.2) is 5.69 Å². The van der Waals surface area contributed by atoms with Crippen LogP contribution in [0.2, 0.25) is 0 Å². The van der Waals surface area contributed by atoms with Gasteiger partial charge in [0, 0.05) is 33.2 Å². The van der Waals surface area contributed by atoms with E-state index in [1.807, 2.05) is 20.8 Å². The Kier molecular flexibility index (Phi) is 6.38. The Bertz CT molecular complexity index is 449. The third-order valence-corrected chi connectivity index (χ3v) is 3.03. The van der Waals surface area contributed by atoms with Crippen molar-refractivity contribution in [3.05, 3.63) is 17.7 Å². The number of methoxy groups -OCH3 is 1. The fourth-order valence-electron chi connectivity index (χ4n) is 1.77. The summed E-state index contributed by atoms with van der Waals surface area (Å²) in [5, 5.41) is 2.97. The molecule has 1 rings (SSSR count). The van der Waals surface area contributed by atoms with Crippen molar-refractivity contribution in [1.82, 2.24) is 14.9 Å². The zero-order chi connectivity index (χ0) is 15.1. The zero-order valence-corrected chi connectivity index (χ0v) is 12.9. The van der Waals surface area contributed by atoms with Gasteiger partial charge >= 0.3 is 0 Å². The molecule has 0 aliphatic carbocycles. The number of rotatable bonds is 7. The van der Waals surface area contributed by atoms with Crippen LogP contribution in [0.5, 0.6) is 0 Å². The minimum Gasteiger partial charge on any atom is -0.385 e. The molecule has 1 N–H and O–H groups in total. The minimum absolute atomic E-state index is 0.0989. The number of aromatic nitrogens is 2. The standard InChI is InChI=1S/C14H24N4O2/c1-6-18(7-8-20-5)14(19)12-11(15-4)9-16-13(17-12)10(2)3/h9-10,15H,6-8H2,1-5H3. The van der Waals surface area contributed by atoms with Crippen LogP contribution in [0.25, 0.3) is 0 Å². The predicted octanol–water partition coefficient (Wildman–Crippen LogP) is 1.75. The maximum atomic E-state index is 12.6. The van der Waals surface area contributed by atoms with Crippen LogP contribution in [0.1, 0.15) is 43.0 Å². The Labute approximate surface area is 120 Å². The number of likely N-dealkylation sites (N-methyl/N-ethyl adjacent to an activating group) is 1. The highest BCUT2D eigenvalue weighted by Crippen LogP contribution is 2.17. The van der Waals surface area contributed by atoms with Gasteiger partial charge in [-0.05, 0) is 6.92 Å². The number of hydrogen-bond donors (Lipinski definition) is 1. The van der Waals surface area contributed by atoms with Crippen molar-refractivity contribution >= 4 is 11.6 Å². The summed E-state index contributed by atoms with van der Waals surface area (Å²) in [5.74, 6) is 0.759. The molecular formula is C14H24N4O2. The molecule has 0 aliphatic heterocycles. The number of hydrogen-bond acceptors (Lipinski definition) is 5. The molecule has 1 amide bonds. The molecule has 20 heavy (non-hydrogen) atoms. The van der Waals surface area contributed by atoms with Gasteiger partial charge in [-0.1, -0.05) is 13.8 Å². The zero-order valence-electron chi connectivity index (χ0n) is 12.9. The molecule has 0 atom stereocenters. The van der Waals surface area contributed by atoms with E-state index >= 15 is 0 Å². The lowest BCUT2D eigenvalue weighted by Crippen LogP contribution is -2.35. The smallest absolute Gasteiger partial charge is 0.274 e.